The standard InChI is InChI=1S/C19H24N2O5S/c1-5-26-16-9-7-6-8-15(16)21-19(22)12-20-27(23,24)18-11-14(3)13(2)10-17(18)25-4/h6-11,20H,5,12H2,1-4H3,(H,21,22). The van der Waals surface area contributed by atoms with Crippen LogP contribution in [-0.4, -0.2) is 34.6 Å². The van der Waals surface area contributed by atoms with E-state index in [0.717, 1.165) is 11.1 Å². The van der Waals surface area contributed by atoms with Crippen molar-refractivity contribution in [1.29, 1.82) is 0 Å². The number of para-hydroxylation sites is 2. The molecule has 0 radical (unpaired) electrons. The van der Waals surface area contributed by atoms with Gasteiger partial charge in [0.25, 0.3) is 0 Å². The minimum atomic E-state index is -3.92. The molecule has 27 heavy (non-hydrogen) atoms. The molecule has 7 nitrogen and oxygen atoms in total. The number of amides is 1. The van der Waals surface area contributed by atoms with Gasteiger partial charge in [0.15, 0.2) is 0 Å². The molecule has 0 unspecified atom stereocenters. The molecular weight excluding hydrogens is 368 g/mol. The lowest BCUT2D eigenvalue weighted by atomic mass is 10.1. The predicted molar refractivity (Wildman–Crippen MR) is 104 cm³/mol. The van der Waals surface area contributed by atoms with Crippen LogP contribution in [0.25, 0.3) is 0 Å². The molecule has 0 atom stereocenters. The van der Waals surface area contributed by atoms with Crippen molar-refractivity contribution in [1.82, 2.24) is 4.72 Å². The Morgan fingerprint density at radius 3 is 2.41 bits per heavy atom. The Bertz CT molecular complexity index is 926. The largest absolute Gasteiger partial charge is 0.495 e. The SMILES string of the molecule is CCOc1ccccc1NC(=O)CNS(=O)(=O)c1cc(C)c(C)cc1OC. The van der Waals surface area contributed by atoms with Gasteiger partial charge in [-0.15, -0.1) is 0 Å². The molecule has 0 spiro atoms. The minimum absolute atomic E-state index is 0.00406. The summed E-state index contributed by atoms with van der Waals surface area (Å²) in [4.78, 5) is 12.2. The maximum absolute atomic E-state index is 12.6. The molecule has 2 aromatic rings. The Labute approximate surface area is 159 Å². The molecule has 2 N–H and O–H groups in total. The van der Waals surface area contributed by atoms with Crippen molar-refractivity contribution in [2.45, 2.75) is 25.7 Å². The second-order valence-electron chi connectivity index (χ2n) is 5.89. The van der Waals surface area contributed by atoms with Crippen LogP contribution in [-0.2, 0) is 14.8 Å². The highest BCUT2D eigenvalue weighted by molar-refractivity contribution is 7.89. The van der Waals surface area contributed by atoms with Crippen LogP contribution in [0.5, 0.6) is 11.5 Å². The Kier molecular flexibility index (Phi) is 6.81. The fraction of sp³-hybridized carbons (Fsp3) is 0.316. The molecule has 0 aliphatic rings. The first-order valence-electron chi connectivity index (χ1n) is 8.45. The molecule has 0 saturated heterocycles. The summed E-state index contributed by atoms with van der Waals surface area (Å²) in [6, 6.07) is 10.1. The minimum Gasteiger partial charge on any atom is -0.495 e. The number of nitrogens with one attached hydrogen (secondary N) is 2. The average molecular weight is 392 g/mol. The third-order valence-electron chi connectivity index (χ3n) is 3.95. The van der Waals surface area contributed by atoms with Crippen molar-refractivity contribution in [2.24, 2.45) is 0 Å². The van der Waals surface area contributed by atoms with E-state index < -0.39 is 22.5 Å². The number of carbonyl (C=O) groups excluding carboxylic acids is 1. The molecule has 0 aromatic heterocycles. The molecule has 8 heteroatoms. The van der Waals surface area contributed by atoms with Crippen LogP contribution in [0.4, 0.5) is 5.69 Å². The summed E-state index contributed by atoms with van der Waals surface area (Å²) >= 11 is 0. The summed E-state index contributed by atoms with van der Waals surface area (Å²) in [5.74, 6) is 0.244. The topological polar surface area (TPSA) is 93.7 Å². The highest BCUT2D eigenvalue weighted by Crippen LogP contribution is 2.27. The quantitative estimate of drug-likeness (QED) is 0.720. The van der Waals surface area contributed by atoms with Gasteiger partial charge in [0, 0.05) is 0 Å². The van der Waals surface area contributed by atoms with Gasteiger partial charge in [-0.1, -0.05) is 12.1 Å². The number of carbonyl (C=O) groups is 1. The van der Waals surface area contributed by atoms with Crippen molar-refractivity contribution in [2.75, 3.05) is 25.6 Å². The van der Waals surface area contributed by atoms with Crippen LogP contribution < -0.4 is 19.5 Å². The first-order valence-corrected chi connectivity index (χ1v) is 9.93. The molecule has 1 amide bonds. The van der Waals surface area contributed by atoms with Gasteiger partial charge in [-0.25, -0.2) is 13.1 Å². The van der Waals surface area contributed by atoms with Gasteiger partial charge in [0.2, 0.25) is 15.9 Å². The zero-order valence-corrected chi connectivity index (χ0v) is 16.6. The molecule has 0 heterocycles. The van der Waals surface area contributed by atoms with Crippen LogP contribution >= 0.6 is 0 Å². The number of methoxy groups -OCH3 is 1. The van der Waals surface area contributed by atoms with E-state index in [1.807, 2.05) is 20.8 Å². The van der Waals surface area contributed by atoms with Gasteiger partial charge in [-0.05, 0) is 56.2 Å². The van der Waals surface area contributed by atoms with Crippen LogP contribution in [0.3, 0.4) is 0 Å². The van der Waals surface area contributed by atoms with Gasteiger partial charge >= 0.3 is 0 Å². The van der Waals surface area contributed by atoms with Crippen LogP contribution in [0, 0.1) is 13.8 Å². The van der Waals surface area contributed by atoms with Crippen LogP contribution in [0.1, 0.15) is 18.1 Å². The first kappa shape index (κ1) is 20.7. The highest BCUT2D eigenvalue weighted by atomic mass is 32.2. The van der Waals surface area contributed by atoms with Crippen LogP contribution in [0.2, 0.25) is 0 Å². The lowest BCUT2D eigenvalue weighted by Crippen LogP contribution is -2.33. The van der Waals surface area contributed by atoms with E-state index in [1.165, 1.54) is 13.2 Å². The summed E-state index contributed by atoms with van der Waals surface area (Å²) in [7, 11) is -2.51. The molecular formula is C19H24N2O5S. The van der Waals surface area contributed by atoms with Crippen molar-refractivity contribution in [3.05, 3.63) is 47.5 Å². The fourth-order valence-electron chi connectivity index (χ4n) is 2.42. The van der Waals surface area contributed by atoms with E-state index in [4.69, 9.17) is 9.47 Å². The van der Waals surface area contributed by atoms with E-state index in [0.29, 0.717) is 18.0 Å². The average Bonchev–Trinajstić information content (AvgIpc) is 2.63. The normalized spacial score (nSPS) is 11.1. The van der Waals surface area contributed by atoms with E-state index in [9.17, 15) is 13.2 Å². The Morgan fingerprint density at radius 1 is 1.07 bits per heavy atom. The number of hydrogen-bond donors (Lipinski definition) is 2. The summed E-state index contributed by atoms with van der Waals surface area (Å²) in [6.45, 7) is 5.55. The number of rotatable bonds is 8. The lowest BCUT2D eigenvalue weighted by molar-refractivity contribution is -0.115. The molecule has 0 bridgehead atoms. The van der Waals surface area contributed by atoms with Gasteiger partial charge in [0.05, 0.1) is 25.9 Å². The Balaban J connectivity index is 2.12. The Hall–Kier alpha value is -2.58. The molecule has 0 saturated carbocycles. The van der Waals surface area contributed by atoms with E-state index in [-0.39, 0.29) is 10.6 Å². The summed E-state index contributed by atoms with van der Waals surface area (Å²) in [5.41, 5.74) is 2.20. The van der Waals surface area contributed by atoms with E-state index in [2.05, 4.69) is 10.0 Å². The smallest absolute Gasteiger partial charge is 0.244 e. The molecule has 0 aliphatic heterocycles. The van der Waals surface area contributed by atoms with Gasteiger partial charge in [-0.2, -0.15) is 0 Å². The summed E-state index contributed by atoms with van der Waals surface area (Å²) < 4.78 is 38.1. The molecule has 2 aromatic carbocycles. The number of anilines is 1. The third kappa shape index (κ3) is 5.21. The zero-order chi connectivity index (χ0) is 20.0. The maximum Gasteiger partial charge on any atom is 0.244 e. The molecule has 0 fully saturated rings. The number of hydrogen-bond acceptors (Lipinski definition) is 5. The number of sulfonamides is 1. The van der Waals surface area contributed by atoms with E-state index >= 15 is 0 Å². The number of ether oxygens (including phenoxy) is 2. The highest BCUT2D eigenvalue weighted by Gasteiger charge is 2.21. The van der Waals surface area contributed by atoms with Crippen molar-refractivity contribution < 1.29 is 22.7 Å². The van der Waals surface area contributed by atoms with Crippen molar-refractivity contribution in [3.8, 4) is 11.5 Å². The van der Waals surface area contributed by atoms with Crippen molar-refractivity contribution in [3.63, 3.8) is 0 Å². The van der Waals surface area contributed by atoms with Gasteiger partial charge in [0.1, 0.15) is 16.4 Å². The third-order valence-corrected chi connectivity index (χ3v) is 5.38. The number of aryl methyl sites for hydroxylation is 2. The number of benzene rings is 2. The van der Waals surface area contributed by atoms with Gasteiger partial charge in [-0.3, -0.25) is 4.79 Å². The van der Waals surface area contributed by atoms with Crippen molar-refractivity contribution >= 4 is 21.6 Å². The second kappa shape index (κ2) is 8.88. The van der Waals surface area contributed by atoms with E-state index in [1.54, 1.807) is 30.3 Å². The maximum atomic E-state index is 12.6. The summed E-state index contributed by atoms with van der Waals surface area (Å²) in [5, 5.41) is 2.65. The lowest BCUT2D eigenvalue weighted by Gasteiger charge is -2.14. The Morgan fingerprint density at radius 2 is 1.74 bits per heavy atom. The zero-order valence-electron chi connectivity index (χ0n) is 15.8. The fourth-order valence-corrected chi connectivity index (χ4v) is 3.63. The first-order chi connectivity index (χ1) is 12.8. The van der Waals surface area contributed by atoms with Gasteiger partial charge < -0.3 is 14.8 Å². The molecule has 2 rings (SSSR count). The monoisotopic (exact) mass is 392 g/mol. The molecule has 0 aliphatic carbocycles. The summed E-state index contributed by atoms with van der Waals surface area (Å²) in [6.07, 6.45) is 0. The predicted octanol–water partition coefficient (Wildman–Crippen LogP) is 2.63. The van der Waals surface area contributed by atoms with Crippen LogP contribution in [0.15, 0.2) is 41.3 Å². The molecule has 146 valence electrons. The second-order valence-corrected chi connectivity index (χ2v) is 7.62.